The van der Waals surface area contributed by atoms with E-state index >= 15 is 0 Å². The number of nitriles is 1. The first-order valence-corrected chi connectivity index (χ1v) is 6.15. The van der Waals surface area contributed by atoms with Crippen molar-refractivity contribution < 1.29 is 14.3 Å². The summed E-state index contributed by atoms with van der Waals surface area (Å²) in [6.07, 6.45) is 0.460. The lowest BCUT2D eigenvalue weighted by Gasteiger charge is -2.13. The van der Waals surface area contributed by atoms with Gasteiger partial charge in [0.25, 0.3) is 0 Å². The molecule has 6 heteroatoms. The van der Waals surface area contributed by atoms with Crippen molar-refractivity contribution in [1.29, 1.82) is 5.26 Å². The zero-order chi connectivity index (χ0) is 13.7. The molecule has 4 nitrogen and oxygen atoms in total. The van der Waals surface area contributed by atoms with Gasteiger partial charge in [-0.25, -0.2) is 4.39 Å². The SMILES string of the molecule is CCC(CNc1ccc(C#N)c(Br)c1F)C(=O)O. The summed E-state index contributed by atoms with van der Waals surface area (Å²) >= 11 is 2.99. The Labute approximate surface area is 113 Å². The van der Waals surface area contributed by atoms with Crippen LogP contribution in [-0.2, 0) is 4.79 Å². The van der Waals surface area contributed by atoms with Gasteiger partial charge in [-0.3, -0.25) is 4.79 Å². The fourth-order valence-corrected chi connectivity index (χ4v) is 1.85. The number of halogens is 2. The summed E-state index contributed by atoms with van der Waals surface area (Å²) < 4.78 is 13.9. The molecule has 1 aromatic carbocycles. The molecule has 0 radical (unpaired) electrons. The molecule has 0 aliphatic rings. The Morgan fingerprint density at radius 2 is 2.33 bits per heavy atom. The van der Waals surface area contributed by atoms with Gasteiger partial charge in [-0.05, 0) is 34.5 Å². The summed E-state index contributed by atoms with van der Waals surface area (Å²) in [6.45, 7) is 1.90. The summed E-state index contributed by atoms with van der Waals surface area (Å²) in [5, 5.41) is 20.3. The molecule has 0 saturated heterocycles. The van der Waals surface area contributed by atoms with Crippen molar-refractivity contribution in [1.82, 2.24) is 0 Å². The highest BCUT2D eigenvalue weighted by molar-refractivity contribution is 9.10. The molecule has 1 atom stereocenters. The van der Waals surface area contributed by atoms with Gasteiger partial charge < -0.3 is 10.4 Å². The first-order chi connectivity index (χ1) is 8.51. The second kappa shape index (κ2) is 6.36. The Morgan fingerprint density at radius 3 is 2.83 bits per heavy atom. The van der Waals surface area contributed by atoms with Gasteiger partial charge in [0.1, 0.15) is 6.07 Å². The standard InChI is InChI=1S/C12H12BrFN2O2/c1-2-7(12(17)18)6-16-9-4-3-8(5-15)10(13)11(9)14/h3-4,7,16H,2,6H2,1H3,(H,17,18). The Balaban J connectivity index is 2.84. The molecule has 1 aromatic rings. The van der Waals surface area contributed by atoms with Crippen molar-refractivity contribution in [3.63, 3.8) is 0 Å². The summed E-state index contributed by atoms with van der Waals surface area (Å²) in [4.78, 5) is 10.8. The van der Waals surface area contributed by atoms with E-state index in [0.717, 1.165) is 0 Å². The number of anilines is 1. The highest BCUT2D eigenvalue weighted by atomic mass is 79.9. The van der Waals surface area contributed by atoms with Gasteiger partial charge in [0, 0.05) is 6.54 Å². The van der Waals surface area contributed by atoms with E-state index in [-0.39, 0.29) is 22.3 Å². The molecule has 0 aliphatic carbocycles. The van der Waals surface area contributed by atoms with Crippen LogP contribution in [0.25, 0.3) is 0 Å². The van der Waals surface area contributed by atoms with Gasteiger partial charge in [0.05, 0.1) is 21.6 Å². The van der Waals surface area contributed by atoms with Crippen LogP contribution in [0.4, 0.5) is 10.1 Å². The van der Waals surface area contributed by atoms with Crippen LogP contribution in [0.2, 0.25) is 0 Å². The minimum atomic E-state index is -0.918. The van der Waals surface area contributed by atoms with Crippen LogP contribution >= 0.6 is 15.9 Å². The van der Waals surface area contributed by atoms with Gasteiger partial charge in [-0.1, -0.05) is 6.92 Å². The molecule has 0 bridgehead atoms. The number of carboxylic acids is 1. The summed E-state index contributed by atoms with van der Waals surface area (Å²) in [6, 6.07) is 4.74. The van der Waals surface area contributed by atoms with Crippen molar-refractivity contribution in [3.8, 4) is 6.07 Å². The number of benzene rings is 1. The van der Waals surface area contributed by atoms with Crippen LogP contribution in [0.5, 0.6) is 0 Å². The lowest BCUT2D eigenvalue weighted by molar-refractivity contribution is -0.141. The zero-order valence-corrected chi connectivity index (χ0v) is 11.3. The molecule has 0 spiro atoms. The molecular formula is C12H12BrFN2O2. The predicted molar refractivity (Wildman–Crippen MR) is 68.7 cm³/mol. The fourth-order valence-electron chi connectivity index (χ4n) is 1.41. The van der Waals surface area contributed by atoms with Gasteiger partial charge in [0.2, 0.25) is 0 Å². The summed E-state index contributed by atoms with van der Waals surface area (Å²) in [7, 11) is 0. The van der Waals surface area contributed by atoms with Crippen LogP contribution < -0.4 is 5.32 Å². The van der Waals surface area contributed by atoms with E-state index in [1.807, 2.05) is 6.07 Å². The number of hydrogen-bond acceptors (Lipinski definition) is 3. The molecule has 1 unspecified atom stereocenters. The zero-order valence-electron chi connectivity index (χ0n) is 9.70. The molecule has 2 N–H and O–H groups in total. The van der Waals surface area contributed by atoms with E-state index in [4.69, 9.17) is 10.4 Å². The summed E-state index contributed by atoms with van der Waals surface area (Å²) in [5.41, 5.74) is 0.379. The number of rotatable bonds is 5. The van der Waals surface area contributed by atoms with E-state index in [1.165, 1.54) is 12.1 Å². The Hall–Kier alpha value is -1.61. The van der Waals surface area contributed by atoms with Crippen LogP contribution in [0, 0.1) is 23.1 Å². The van der Waals surface area contributed by atoms with Gasteiger partial charge in [-0.2, -0.15) is 5.26 Å². The van der Waals surface area contributed by atoms with Crippen molar-refractivity contribution in [2.75, 3.05) is 11.9 Å². The normalized spacial score (nSPS) is 11.7. The molecule has 96 valence electrons. The fraction of sp³-hybridized carbons (Fsp3) is 0.333. The lowest BCUT2D eigenvalue weighted by atomic mass is 10.1. The summed E-state index contributed by atoms with van der Waals surface area (Å²) in [5.74, 6) is -2.08. The molecule has 0 saturated carbocycles. The van der Waals surface area contributed by atoms with Gasteiger partial charge >= 0.3 is 5.97 Å². The van der Waals surface area contributed by atoms with Crippen LogP contribution in [0.15, 0.2) is 16.6 Å². The lowest BCUT2D eigenvalue weighted by Crippen LogP contribution is -2.22. The van der Waals surface area contributed by atoms with Crippen molar-refractivity contribution in [2.45, 2.75) is 13.3 Å². The van der Waals surface area contributed by atoms with E-state index in [9.17, 15) is 9.18 Å². The quantitative estimate of drug-likeness (QED) is 0.876. The van der Waals surface area contributed by atoms with Gasteiger partial charge in [-0.15, -0.1) is 0 Å². The average Bonchev–Trinajstić information content (AvgIpc) is 2.34. The highest BCUT2D eigenvalue weighted by Gasteiger charge is 2.16. The van der Waals surface area contributed by atoms with E-state index in [0.29, 0.717) is 6.42 Å². The number of nitrogens with one attached hydrogen (secondary N) is 1. The van der Waals surface area contributed by atoms with Crippen molar-refractivity contribution in [2.24, 2.45) is 5.92 Å². The number of hydrogen-bond donors (Lipinski definition) is 2. The smallest absolute Gasteiger partial charge is 0.308 e. The van der Waals surface area contributed by atoms with Crippen LogP contribution in [0.1, 0.15) is 18.9 Å². The third-order valence-corrected chi connectivity index (χ3v) is 3.36. The maximum absolute atomic E-state index is 13.8. The number of carbonyl (C=O) groups is 1. The predicted octanol–water partition coefficient (Wildman–Crippen LogP) is 2.98. The van der Waals surface area contributed by atoms with Crippen molar-refractivity contribution in [3.05, 3.63) is 28.0 Å². The first kappa shape index (κ1) is 14.5. The highest BCUT2D eigenvalue weighted by Crippen LogP contribution is 2.26. The Kier molecular flexibility index (Phi) is 5.10. The molecule has 0 aliphatic heterocycles. The second-order valence-electron chi connectivity index (χ2n) is 3.72. The average molecular weight is 315 g/mol. The number of carboxylic acid groups (broad SMARTS) is 1. The molecule has 18 heavy (non-hydrogen) atoms. The maximum atomic E-state index is 13.8. The van der Waals surface area contributed by atoms with E-state index < -0.39 is 17.7 Å². The maximum Gasteiger partial charge on any atom is 0.308 e. The third-order valence-electron chi connectivity index (χ3n) is 2.58. The van der Waals surface area contributed by atoms with Gasteiger partial charge in [0.15, 0.2) is 5.82 Å². The Bertz CT molecular complexity index is 500. The minimum absolute atomic E-state index is 0.0818. The molecular weight excluding hydrogens is 303 g/mol. The second-order valence-corrected chi connectivity index (χ2v) is 4.52. The van der Waals surface area contributed by atoms with Crippen LogP contribution in [-0.4, -0.2) is 17.6 Å². The first-order valence-electron chi connectivity index (χ1n) is 5.36. The molecule has 0 heterocycles. The van der Waals surface area contributed by atoms with E-state index in [2.05, 4.69) is 21.2 Å². The Morgan fingerprint density at radius 1 is 1.67 bits per heavy atom. The molecule has 0 aromatic heterocycles. The minimum Gasteiger partial charge on any atom is -0.481 e. The monoisotopic (exact) mass is 314 g/mol. The molecule has 0 fully saturated rings. The topological polar surface area (TPSA) is 73.1 Å². The van der Waals surface area contributed by atoms with Crippen molar-refractivity contribution >= 4 is 27.6 Å². The third kappa shape index (κ3) is 3.20. The number of nitrogens with zero attached hydrogens (tertiary/aromatic N) is 1. The van der Waals surface area contributed by atoms with Crippen LogP contribution in [0.3, 0.4) is 0 Å². The molecule has 1 rings (SSSR count). The van der Waals surface area contributed by atoms with E-state index in [1.54, 1.807) is 6.92 Å². The molecule has 0 amide bonds. The number of aliphatic carboxylic acids is 1. The largest absolute Gasteiger partial charge is 0.481 e.